The molecule has 1 aliphatic rings. The second-order valence-electron chi connectivity index (χ2n) is 6.21. The molecular weight excluding hydrogens is 348 g/mol. The molecule has 1 aliphatic heterocycles. The molecule has 2 aromatic carbocycles. The minimum atomic E-state index is -1.19. The van der Waals surface area contributed by atoms with Crippen LogP contribution >= 0.6 is 11.3 Å². The Labute approximate surface area is 153 Å². The highest BCUT2D eigenvalue weighted by atomic mass is 32.1. The lowest BCUT2D eigenvalue weighted by molar-refractivity contribution is -0.131. The Kier molecular flexibility index (Phi) is 3.71. The normalized spacial score (nSPS) is 19.6. The summed E-state index contributed by atoms with van der Waals surface area (Å²) >= 11 is 1.46. The number of carbonyl (C=O) groups is 2. The number of fused-ring (bicyclic) bond motifs is 1. The van der Waals surface area contributed by atoms with Gasteiger partial charge in [-0.25, -0.2) is 9.78 Å². The van der Waals surface area contributed by atoms with Crippen molar-refractivity contribution in [3.63, 3.8) is 0 Å². The zero-order chi connectivity index (χ0) is 18.3. The molecule has 4 rings (SSSR count). The van der Waals surface area contributed by atoms with Gasteiger partial charge in [-0.1, -0.05) is 24.3 Å². The smallest absolute Gasteiger partial charge is 0.319 e. The predicted molar refractivity (Wildman–Crippen MR) is 97.2 cm³/mol. The zero-order valence-electron chi connectivity index (χ0n) is 13.9. The summed E-state index contributed by atoms with van der Waals surface area (Å²) in [6.07, 6.45) is 0. The van der Waals surface area contributed by atoms with E-state index >= 15 is 0 Å². The van der Waals surface area contributed by atoms with Crippen LogP contribution in [-0.2, 0) is 16.9 Å². The highest BCUT2D eigenvalue weighted by Gasteiger charge is 2.49. The van der Waals surface area contributed by atoms with E-state index in [2.05, 4.69) is 16.4 Å². The lowest BCUT2D eigenvalue weighted by Crippen LogP contribution is -2.40. The topological polar surface area (TPSA) is 86.1 Å². The van der Waals surface area contributed by atoms with Crippen molar-refractivity contribution in [3.05, 3.63) is 64.7 Å². The van der Waals surface area contributed by atoms with E-state index in [4.69, 9.17) is 5.26 Å². The van der Waals surface area contributed by atoms with E-state index in [9.17, 15) is 9.59 Å². The van der Waals surface area contributed by atoms with Gasteiger partial charge in [0, 0.05) is 0 Å². The van der Waals surface area contributed by atoms with E-state index in [0.29, 0.717) is 16.1 Å². The fraction of sp³-hybridized carbons (Fsp3) is 0.158. The van der Waals surface area contributed by atoms with Gasteiger partial charge in [0.05, 0.1) is 28.4 Å². The van der Waals surface area contributed by atoms with Crippen LogP contribution in [0.2, 0.25) is 0 Å². The fourth-order valence-electron chi connectivity index (χ4n) is 3.06. The first-order valence-electron chi connectivity index (χ1n) is 8.00. The summed E-state index contributed by atoms with van der Waals surface area (Å²) in [5, 5.41) is 12.5. The van der Waals surface area contributed by atoms with E-state index in [1.165, 1.54) is 16.2 Å². The van der Waals surface area contributed by atoms with Crippen LogP contribution in [0, 0.1) is 11.3 Å². The number of urea groups is 1. The Morgan fingerprint density at radius 1 is 1.23 bits per heavy atom. The van der Waals surface area contributed by atoms with Crippen LogP contribution in [0.1, 0.15) is 23.1 Å². The van der Waals surface area contributed by atoms with Gasteiger partial charge in [-0.3, -0.25) is 9.69 Å². The van der Waals surface area contributed by atoms with Crippen molar-refractivity contribution in [3.8, 4) is 6.07 Å². The molecule has 0 spiro atoms. The first kappa shape index (κ1) is 16.2. The minimum Gasteiger partial charge on any atom is -0.319 e. The molecule has 26 heavy (non-hydrogen) atoms. The maximum Gasteiger partial charge on any atom is 0.325 e. The van der Waals surface area contributed by atoms with Crippen molar-refractivity contribution in [1.29, 1.82) is 5.26 Å². The molecule has 0 bridgehead atoms. The number of rotatable bonds is 3. The Bertz CT molecular complexity index is 1050. The molecule has 0 unspecified atom stereocenters. The molecule has 1 saturated heterocycles. The summed E-state index contributed by atoms with van der Waals surface area (Å²) in [6.45, 7) is 1.78. The number of thiazole rings is 1. The highest BCUT2D eigenvalue weighted by Crippen LogP contribution is 2.31. The number of nitriles is 1. The van der Waals surface area contributed by atoms with Gasteiger partial charge in [0.15, 0.2) is 0 Å². The van der Waals surface area contributed by atoms with E-state index in [-0.39, 0.29) is 12.5 Å². The molecule has 3 amide bonds. The number of imide groups is 1. The van der Waals surface area contributed by atoms with Crippen LogP contribution in [0.25, 0.3) is 10.2 Å². The Hall–Kier alpha value is -3.24. The minimum absolute atomic E-state index is 0.123. The second-order valence-corrected chi connectivity index (χ2v) is 7.33. The molecule has 0 saturated carbocycles. The Morgan fingerprint density at radius 2 is 2.04 bits per heavy atom. The van der Waals surface area contributed by atoms with Crippen molar-refractivity contribution in [1.82, 2.24) is 15.2 Å². The molecule has 3 aromatic rings. The number of aromatic nitrogens is 1. The van der Waals surface area contributed by atoms with Gasteiger partial charge in [0.1, 0.15) is 10.5 Å². The van der Waals surface area contributed by atoms with Crippen LogP contribution < -0.4 is 5.32 Å². The fourth-order valence-corrected chi connectivity index (χ4v) is 4.02. The third-order valence-electron chi connectivity index (χ3n) is 4.48. The van der Waals surface area contributed by atoms with E-state index in [1.54, 1.807) is 31.2 Å². The van der Waals surface area contributed by atoms with E-state index in [1.807, 2.05) is 24.3 Å². The standard InChI is InChI=1S/C19H14N4O2S/c1-19(13-6-4-5-12(9-13)10-20)17(24)23(18(25)22-19)11-16-21-14-7-2-3-8-15(14)26-16/h2-9H,11H2,1H3,(H,22,25)/t19-/m0/s1. The molecule has 1 N–H and O–H groups in total. The van der Waals surface area contributed by atoms with Crippen LogP contribution in [0.15, 0.2) is 48.5 Å². The molecule has 0 radical (unpaired) electrons. The first-order valence-corrected chi connectivity index (χ1v) is 8.82. The Morgan fingerprint density at radius 3 is 2.81 bits per heavy atom. The van der Waals surface area contributed by atoms with Gasteiger partial charge in [-0.2, -0.15) is 5.26 Å². The SMILES string of the molecule is C[C@@]1(c2cccc(C#N)c2)NC(=O)N(Cc2nc3ccccc3s2)C1=O. The number of nitrogens with zero attached hydrogens (tertiary/aromatic N) is 3. The molecule has 1 aromatic heterocycles. The van der Waals surface area contributed by atoms with Crippen LogP contribution in [0.5, 0.6) is 0 Å². The van der Waals surface area contributed by atoms with Crippen molar-refractivity contribution in [2.45, 2.75) is 19.0 Å². The maximum absolute atomic E-state index is 13.0. The molecule has 2 heterocycles. The molecule has 1 fully saturated rings. The van der Waals surface area contributed by atoms with Gasteiger partial charge < -0.3 is 5.32 Å². The lowest BCUT2D eigenvalue weighted by atomic mass is 9.91. The molecule has 128 valence electrons. The quantitative estimate of drug-likeness (QED) is 0.725. The van der Waals surface area contributed by atoms with Gasteiger partial charge in [-0.15, -0.1) is 11.3 Å². The summed E-state index contributed by atoms with van der Waals surface area (Å²) in [6, 6.07) is 16.0. The van der Waals surface area contributed by atoms with E-state index < -0.39 is 11.6 Å². The van der Waals surface area contributed by atoms with Crippen molar-refractivity contribution in [2.24, 2.45) is 0 Å². The highest BCUT2D eigenvalue weighted by molar-refractivity contribution is 7.18. The molecule has 7 heteroatoms. The number of carbonyl (C=O) groups excluding carboxylic acids is 2. The number of hydrogen-bond acceptors (Lipinski definition) is 5. The van der Waals surface area contributed by atoms with Crippen molar-refractivity contribution in [2.75, 3.05) is 0 Å². The van der Waals surface area contributed by atoms with E-state index in [0.717, 1.165) is 10.2 Å². The number of hydrogen-bond donors (Lipinski definition) is 1. The van der Waals surface area contributed by atoms with Crippen LogP contribution in [0.3, 0.4) is 0 Å². The van der Waals surface area contributed by atoms with Gasteiger partial charge in [0.25, 0.3) is 5.91 Å². The molecule has 6 nitrogen and oxygen atoms in total. The van der Waals surface area contributed by atoms with Crippen molar-refractivity contribution < 1.29 is 9.59 Å². The summed E-state index contributed by atoms with van der Waals surface area (Å²) in [5.74, 6) is -0.350. The first-order chi connectivity index (χ1) is 12.5. The van der Waals surface area contributed by atoms with Gasteiger partial charge in [0.2, 0.25) is 0 Å². The maximum atomic E-state index is 13.0. The second kappa shape index (κ2) is 5.93. The number of benzene rings is 2. The monoisotopic (exact) mass is 362 g/mol. The number of nitrogens with one attached hydrogen (secondary N) is 1. The number of para-hydroxylation sites is 1. The average Bonchev–Trinajstić information content (AvgIpc) is 3.16. The predicted octanol–water partition coefficient (Wildman–Crippen LogP) is 3.14. The van der Waals surface area contributed by atoms with Gasteiger partial charge in [-0.05, 0) is 36.8 Å². The van der Waals surface area contributed by atoms with Gasteiger partial charge >= 0.3 is 6.03 Å². The zero-order valence-corrected chi connectivity index (χ0v) is 14.7. The molecule has 0 aliphatic carbocycles. The van der Waals surface area contributed by atoms with Crippen LogP contribution in [-0.4, -0.2) is 21.8 Å². The van der Waals surface area contributed by atoms with Crippen LogP contribution in [0.4, 0.5) is 4.79 Å². The van der Waals surface area contributed by atoms with Crippen molar-refractivity contribution >= 4 is 33.5 Å². The lowest BCUT2D eigenvalue weighted by Gasteiger charge is -2.22. The summed E-state index contributed by atoms with van der Waals surface area (Å²) in [4.78, 5) is 31.1. The molecule has 1 atom stereocenters. The third-order valence-corrected chi connectivity index (χ3v) is 5.50. The summed E-state index contributed by atoms with van der Waals surface area (Å²) < 4.78 is 1.01. The average molecular weight is 362 g/mol. The molecular formula is C19H14N4O2S. The largest absolute Gasteiger partial charge is 0.325 e. The third kappa shape index (κ3) is 2.52. The Balaban J connectivity index is 1.65. The number of amides is 3. The summed E-state index contributed by atoms with van der Waals surface area (Å²) in [7, 11) is 0. The summed E-state index contributed by atoms with van der Waals surface area (Å²) in [5.41, 5.74) is 0.682.